The van der Waals surface area contributed by atoms with E-state index in [1.54, 1.807) is 43.4 Å². The average molecular weight is 581 g/mol. The Bertz CT molecular complexity index is 1500. The third-order valence-corrected chi connectivity index (χ3v) is 7.33. The van der Waals surface area contributed by atoms with Gasteiger partial charge in [-0.1, -0.05) is 36.1 Å². The van der Waals surface area contributed by atoms with Gasteiger partial charge in [-0.3, -0.25) is 19.8 Å². The number of thioether (sulfide) groups is 1. The number of ether oxygens (including phenoxy) is 4. The number of carbonyl (C=O) groups is 2. The van der Waals surface area contributed by atoms with Crippen molar-refractivity contribution in [3.8, 4) is 23.0 Å². The number of benzene rings is 3. The van der Waals surface area contributed by atoms with Crippen LogP contribution in [0.3, 0.4) is 0 Å². The molecule has 0 N–H and O–H groups in total. The van der Waals surface area contributed by atoms with Crippen LogP contribution in [-0.4, -0.2) is 53.9 Å². The molecule has 12 heteroatoms. The van der Waals surface area contributed by atoms with Gasteiger partial charge in [-0.2, -0.15) is 0 Å². The number of hydrogen-bond acceptors (Lipinski definition) is 10. The Balaban J connectivity index is 1.44. The Morgan fingerprint density at radius 3 is 2.25 bits per heavy atom. The molecule has 1 aliphatic rings. The minimum absolute atomic E-state index is 0.134. The summed E-state index contributed by atoms with van der Waals surface area (Å²) in [6, 6.07) is 15.5. The smallest absolute Gasteiger partial charge is 0.343 e. The first-order chi connectivity index (χ1) is 19.2. The number of carbonyl (C=O) groups excluding carboxylic acids is 2. The van der Waals surface area contributed by atoms with Gasteiger partial charge >= 0.3 is 5.97 Å². The minimum Gasteiger partial charge on any atom is -0.493 e. The van der Waals surface area contributed by atoms with Crippen LogP contribution in [0, 0.1) is 10.1 Å². The lowest BCUT2D eigenvalue weighted by Gasteiger charge is -2.15. The molecule has 0 saturated carbocycles. The number of non-ortho nitro benzene ring substituents is 1. The lowest BCUT2D eigenvalue weighted by Crippen LogP contribution is -2.30. The van der Waals surface area contributed by atoms with Gasteiger partial charge in [0.1, 0.15) is 4.32 Å². The molecule has 206 valence electrons. The molecule has 0 radical (unpaired) electrons. The SMILES string of the molecule is COc1ccc(CCN2C(=O)C(=Cc3ccc(OC(=O)c4ccc([N+](=O)[O-])cc4)c(OC)c3)SC2=S)cc1OC. The van der Waals surface area contributed by atoms with E-state index in [4.69, 9.17) is 31.2 Å². The van der Waals surface area contributed by atoms with Crippen LogP contribution in [-0.2, 0) is 11.2 Å². The minimum atomic E-state index is -0.698. The highest BCUT2D eigenvalue weighted by atomic mass is 32.2. The molecular weight excluding hydrogens is 556 g/mol. The highest BCUT2D eigenvalue weighted by Gasteiger charge is 2.31. The average Bonchev–Trinajstić information content (AvgIpc) is 3.23. The molecule has 0 unspecified atom stereocenters. The molecule has 0 atom stereocenters. The van der Waals surface area contributed by atoms with Crippen molar-refractivity contribution in [3.63, 3.8) is 0 Å². The van der Waals surface area contributed by atoms with E-state index in [1.807, 2.05) is 18.2 Å². The summed E-state index contributed by atoms with van der Waals surface area (Å²) in [4.78, 5) is 37.9. The zero-order valence-corrected chi connectivity index (χ0v) is 23.4. The third kappa shape index (κ3) is 6.41. The predicted molar refractivity (Wildman–Crippen MR) is 154 cm³/mol. The van der Waals surface area contributed by atoms with Gasteiger partial charge < -0.3 is 18.9 Å². The number of nitro benzene ring substituents is 1. The van der Waals surface area contributed by atoms with E-state index in [2.05, 4.69) is 0 Å². The summed E-state index contributed by atoms with van der Waals surface area (Å²) in [6.07, 6.45) is 2.27. The number of hydrogen-bond donors (Lipinski definition) is 0. The monoisotopic (exact) mass is 580 g/mol. The Morgan fingerprint density at radius 1 is 0.950 bits per heavy atom. The van der Waals surface area contributed by atoms with Gasteiger partial charge in [0.05, 0.1) is 36.7 Å². The third-order valence-electron chi connectivity index (χ3n) is 5.95. The molecule has 0 bridgehead atoms. The second kappa shape index (κ2) is 12.6. The lowest BCUT2D eigenvalue weighted by molar-refractivity contribution is -0.384. The first-order valence-electron chi connectivity index (χ1n) is 11.8. The first-order valence-corrected chi connectivity index (χ1v) is 13.1. The molecule has 3 aromatic rings. The summed E-state index contributed by atoms with van der Waals surface area (Å²) in [5.41, 5.74) is 1.63. The first kappa shape index (κ1) is 28.6. The Morgan fingerprint density at radius 2 is 1.60 bits per heavy atom. The molecule has 10 nitrogen and oxygen atoms in total. The summed E-state index contributed by atoms with van der Waals surface area (Å²) >= 11 is 6.67. The van der Waals surface area contributed by atoms with Gasteiger partial charge in [0.15, 0.2) is 23.0 Å². The maximum Gasteiger partial charge on any atom is 0.343 e. The van der Waals surface area contributed by atoms with Crippen LogP contribution in [0.1, 0.15) is 21.5 Å². The quantitative estimate of drug-likeness (QED) is 0.0782. The standard InChI is InChI=1S/C28H24N2O8S2/c1-35-21-10-4-17(14-23(21)36-2)12-13-29-26(31)25(40-28(29)39)16-18-5-11-22(24(15-18)37-3)38-27(32)19-6-8-20(9-7-19)30(33)34/h4-11,14-16H,12-13H2,1-3H3. The van der Waals surface area contributed by atoms with Crippen molar-refractivity contribution in [3.05, 3.63) is 92.4 Å². The van der Waals surface area contributed by atoms with Gasteiger partial charge in [0.25, 0.3) is 11.6 Å². The zero-order valence-electron chi connectivity index (χ0n) is 21.7. The van der Waals surface area contributed by atoms with Gasteiger partial charge in [0.2, 0.25) is 0 Å². The molecule has 40 heavy (non-hydrogen) atoms. The number of nitro groups is 1. The summed E-state index contributed by atoms with van der Waals surface area (Å²) < 4.78 is 21.9. The fourth-order valence-corrected chi connectivity index (χ4v) is 5.17. The molecule has 1 amide bonds. The number of thiocarbonyl (C=S) groups is 1. The highest BCUT2D eigenvalue weighted by molar-refractivity contribution is 8.26. The van der Waals surface area contributed by atoms with Crippen molar-refractivity contribution in [1.29, 1.82) is 0 Å². The van der Waals surface area contributed by atoms with Crippen LogP contribution in [0.15, 0.2) is 65.6 Å². The van der Waals surface area contributed by atoms with Gasteiger partial charge in [-0.25, -0.2) is 4.79 Å². The molecule has 0 spiro atoms. The molecule has 1 heterocycles. The number of rotatable bonds is 10. The van der Waals surface area contributed by atoms with Crippen LogP contribution in [0.4, 0.5) is 5.69 Å². The number of nitrogens with zero attached hydrogens (tertiary/aromatic N) is 2. The van der Waals surface area contributed by atoms with Gasteiger partial charge in [-0.15, -0.1) is 0 Å². The molecule has 1 fully saturated rings. The second-order valence-corrected chi connectivity index (χ2v) is 10.1. The fraction of sp³-hybridized carbons (Fsp3) is 0.179. The van der Waals surface area contributed by atoms with E-state index < -0.39 is 10.9 Å². The summed E-state index contributed by atoms with van der Waals surface area (Å²) in [7, 11) is 4.57. The van der Waals surface area contributed by atoms with Crippen LogP contribution in [0.5, 0.6) is 23.0 Å². The Hall–Kier alpha value is -4.42. The van der Waals surface area contributed by atoms with Crippen LogP contribution in [0.2, 0.25) is 0 Å². The van der Waals surface area contributed by atoms with Crippen molar-refractivity contribution in [2.45, 2.75) is 6.42 Å². The Labute approximate surface area is 239 Å². The van der Waals surface area contributed by atoms with E-state index >= 15 is 0 Å². The predicted octanol–water partition coefficient (Wildman–Crippen LogP) is 5.28. The number of methoxy groups -OCH3 is 3. The zero-order chi connectivity index (χ0) is 28.8. The second-order valence-electron chi connectivity index (χ2n) is 8.38. The van der Waals surface area contributed by atoms with E-state index in [9.17, 15) is 19.7 Å². The number of esters is 1. The molecule has 0 aromatic heterocycles. The molecule has 4 rings (SSSR count). The normalized spacial score (nSPS) is 13.9. The maximum atomic E-state index is 13.1. The summed E-state index contributed by atoms with van der Waals surface area (Å²) in [5, 5.41) is 10.8. The Kier molecular flexibility index (Phi) is 9.02. The van der Waals surface area contributed by atoms with Crippen molar-refractivity contribution in [2.24, 2.45) is 0 Å². The highest BCUT2D eigenvalue weighted by Crippen LogP contribution is 2.35. The molecule has 0 aliphatic carbocycles. The van der Waals surface area contributed by atoms with Crippen molar-refractivity contribution >= 4 is 51.9 Å². The molecule has 3 aromatic carbocycles. The summed E-state index contributed by atoms with van der Waals surface area (Å²) in [5.74, 6) is 0.765. The van der Waals surface area contributed by atoms with E-state index in [-0.39, 0.29) is 28.7 Å². The summed E-state index contributed by atoms with van der Waals surface area (Å²) in [6.45, 7) is 0.401. The van der Waals surface area contributed by atoms with Crippen LogP contribution in [0.25, 0.3) is 6.08 Å². The van der Waals surface area contributed by atoms with E-state index in [1.165, 1.54) is 43.1 Å². The lowest BCUT2D eigenvalue weighted by atomic mass is 10.1. The largest absolute Gasteiger partial charge is 0.493 e. The number of amides is 1. The van der Waals surface area contributed by atoms with Gasteiger partial charge in [-0.05, 0) is 60.0 Å². The van der Waals surface area contributed by atoms with Crippen LogP contribution >= 0.6 is 24.0 Å². The topological polar surface area (TPSA) is 117 Å². The molecule has 1 saturated heterocycles. The van der Waals surface area contributed by atoms with E-state index in [0.717, 1.165) is 5.56 Å². The van der Waals surface area contributed by atoms with Gasteiger partial charge in [0, 0.05) is 18.7 Å². The van der Waals surface area contributed by atoms with Crippen molar-refractivity contribution < 1.29 is 33.5 Å². The van der Waals surface area contributed by atoms with Crippen molar-refractivity contribution in [2.75, 3.05) is 27.9 Å². The maximum absolute atomic E-state index is 13.1. The molecule has 1 aliphatic heterocycles. The fourth-order valence-electron chi connectivity index (χ4n) is 3.86. The van der Waals surface area contributed by atoms with E-state index in [0.29, 0.717) is 39.3 Å². The van der Waals surface area contributed by atoms with Crippen LogP contribution < -0.4 is 18.9 Å². The molecular formula is C28H24N2O8S2. The van der Waals surface area contributed by atoms with Crippen molar-refractivity contribution in [1.82, 2.24) is 4.90 Å².